The van der Waals surface area contributed by atoms with Crippen LogP contribution in [0.3, 0.4) is 0 Å². The van der Waals surface area contributed by atoms with Crippen LogP contribution in [0.4, 0.5) is 5.88 Å². The number of furan rings is 1. The number of anilines is 1. The number of fused-ring (bicyclic) bond motifs is 1. The van der Waals surface area contributed by atoms with E-state index in [1.807, 2.05) is 30.3 Å². The molecule has 4 rings (SSSR count). The van der Waals surface area contributed by atoms with Crippen molar-refractivity contribution in [2.24, 2.45) is 0 Å². The van der Waals surface area contributed by atoms with Gasteiger partial charge in [-0.25, -0.2) is 4.98 Å². The van der Waals surface area contributed by atoms with Crippen molar-refractivity contribution in [3.8, 4) is 11.8 Å². The molecular formula is C20H20N4O2. The molecule has 1 aromatic carbocycles. The van der Waals surface area contributed by atoms with Crippen molar-refractivity contribution in [2.75, 3.05) is 25.1 Å². The van der Waals surface area contributed by atoms with Crippen LogP contribution in [0.5, 0.6) is 5.75 Å². The molecule has 0 unspecified atom stereocenters. The fourth-order valence-corrected chi connectivity index (χ4v) is 3.24. The van der Waals surface area contributed by atoms with Gasteiger partial charge in [-0.1, -0.05) is 0 Å². The number of hydrogen-bond acceptors (Lipinski definition) is 5. The fourth-order valence-electron chi connectivity index (χ4n) is 3.24. The first-order valence-electron chi connectivity index (χ1n) is 8.77. The molecule has 0 amide bonds. The van der Waals surface area contributed by atoms with Crippen LogP contribution in [0.2, 0.25) is 0 Å². The third-order valence-electron chi connectivity index (χ3n) is 4.63. The number of allylic oxidation sites excluding steroid dienone is 1. The molecule has 1 aliphatic rings. The molecule has 0 saturated carbocycles. The number of methoxy groups -OCH3 is 1. The third-order valence-corrected chi connectivity index (χ3v) is 4.63. The highest BCUT2D eigenvalue weighted by atomic mass is 16.5. The Balaban J connectivity index is 1.62. The van der Waals surface area contributed by atoms with Crippen LogP contribution in [0.15, 0.2) is 34.7 Å². The number of aromatic amines is 1. The van der Waals surface area contributed by atoms with E-state index in [2.05, 4.69) is 20.9 Å². The van der Waals surface area contributed by atoms with E-state index in [9.17, 15) is 5.26 Å². The molecule has 0 bridgehead atoms. The van der Waals surface area contributed by atoms with Crippen molar-refractivity contribution >= 4 is 28.6 Å². The predicted molar refractivity (Wildman–Crippen MR) is 101 cm³/mol. The molecule has 0 radical (unpaired) electrons. The molecule has 3 aromatic rings. The Hall–Kier alpha value is -3.20. The Kier molecular flexibility index (Phi) is 4.36. The van der Waals surface area contributed by atoms with Gasteiger partial charge < -0.3 is 19.0 Å². The summed E-state index contributed by atoms with van der Waals surface area (Å²) in [5.41, 5.74) is 2.05. The maximum absolute atomic E-state index is 9.57. The molecule has 1 fully saturated rings. The number of aromatic nitrogens is 2. The summed E-state index contributed by atoms with van der Waals surface area (Å²) in [4.78, 5) is 9.93. The lowest BCUT2D eigenvalue weighted by Gasteiger charge is -2.25. The van der Waals surface area contributed by atoms with Gasteiger partial charge in [0.1, 0.15) is 23.4 Å². The maximum atomic E-state index is 9.57. The first-order valence-corrected chi connectivity index (χ1v) is 8.77. The van der Waals surface area contributed by atoms with E-state index in [1.165, 1.54) is 19.3 Å². The van der Waals surface area contributed by atoms with Crippen molar-refractivity contribution in [3.05, 3.63) is 41.9 Å². The summed E-state index contributed by atoms with van der Waals surface area (Å²) in [6, 6.07) is 11.6. The van der Waals surface area contributed by atoms with Crippen LogP contribution < -0.4 is 9.64 Å². The van der Waals surface area contributed by atoms with E-state index in [0.29, 0.717) is 17.2 Å². The van der Waals surface area contributed by atoms with Gasteiger partial charge in [0.2, 0.25) is 0 Å². The molecule has 132 valence electrons. The van der Waals surface area contributed by atoms with E-state index < -0.39 is 0 Å². The number of benzene rings is 1. The Bertz CT molecular complexity index is 987. The standard InChI is InChI=1S/C20H20N4O2/c1-25-15-5-7-17-18(12-15)23-20(22-17)14(13-21)11-16-6-8-19(26-16)24-9-3-2-4-10-24/h5-8,11-12H,2-4,9-10H2,1H3,(H,22,23)/b14-11+. The summed E-state index contributed by atoms with van der Waals surface area (Å²) in [5, 5.41) is 9.57. The number of nitrogens with zero attached hydrogens (tertiary/aromatic N) is 3. The van der Waals surface area contributed by atoms with Crippen molar-refractivity contribution in [3.63, 3.8) is 0 Å². The number of nitrogens with one attached hydrogen (secondary N) is 1. The summed E-state index contributed by atoms with van der Waals surface area (Å²) < 4.78 is 11.2. The highest BCUT2D eigenvalue weighted by Crippen LogP contribution is 2.26. The normalized spacial score (nSPS) is 15.2. The number of piperidine rings is 1. The highest BCUT2D eigenvalue weighted by Gasteiger charge is 2.15. The average molecular weight is 348 g/mol. The van der Waals surface area contributed by atoms with Gasteiger partial charge in [-0.2, -0.15) is 5.26 Å². The van der Waals surface area contributed by atoms with Crippen molar-refractivity contribution in [1.82, 2.24) is 9.97 Å². The summed E-state index contributed by atoms with van der Waals surface area (Å²) in [5.74, 6) is 2.78. The van der Waals surface area contributed by atoms with Gasteiger partial charge in [0, 0.05) is 31.3 Å². The monoisotopic (exact) mass is 348 g/mol. The Morgan fingerprint density at radius 1 is 1.27 bits per heavy atom. The molecule has 0 atom stereocenters. The van der Waals surface area contributed by atoms with Gasteiger partial charge >= 0.3 is 0 Å². The second-order valence-electron chi connectivity index (χ2n) is 6.36. The van der Waals surface area contributed by atoms with Crippen molar-refractivity contribution in [2.45, 2.75) is 19.3 Å². The average Bonchev–Trinajstić information content (AvgIpc) is 3.32. The molecular weight excluding hydrogens is 328 g/mol. The first kappa shape index (κ1) is 16.3. The summed E-state index contributed by atoms with van der Waals surface area (Å²) in [6.07, 6.45) is 5.39. The van der Waals surface area contributed by atoms with Gasteiger partial charge in [0.25, 0.3) is 0 Å². The van der Waals surface area contributed by atoms with Crippen LogP contribution in [0, 0.1) is 11.3 Å². The second-order valence-corrected chi connectivity index (χ2v) is 6.36. The summed E-state index contributed by atoms with van der Waals surface area (Å²) in [6.45, 7) is 2.04. The molecule has 2 aromatic heterocycles. The Morgan fingerprint density at radius 3 is 2.88 bits per heavy atom. The zero-order chi connectivity index (χ0) is 17.9. The van der Waals surface area contributed by atoms with Crippen LogP contribution in [0.1, 0.15) is 30.8 Å². The molecule has 1 N–H and O–H groups in total. The third kappa shape index (κ3) is 3.16. The number of imidazole rings is 1. The smallest absolute Gasteiger partial charge is 0.196 e. The van der Waals surface area contributed by atoms with Crippen LogP contribution in [-0.4, -0.2) is 30.2 Å². The molecule has 1 aliphatic heterocycles. The number of hydrogen-bond donors (Lipinski definition) is 1. The molecule has 0 spiro atoms. The minimum absolute atomic E-state index is 0.430. The van der Waals surface area contributed by atoms with E-state index in [-0.39, 0.29) is 0 Å². The van der Waals surface area contributed by atoms with E-state index >= 15 is 0 Å². The maximum Gasteiger partial charge on any atom is 0.196 e. The zero-order valence-corrected chi connectivity index (χ0v) is 14.7. The molecule has 3 heterocycles. The first-order chi connectivity index (χ1) is 12.8. The topological polar surface area (TPSA) is 78.1 Å². The lowest BCUT2D eigenvalue weighted by molar-refractivity contribution is 0.415. The number of ether oxygens (including phenoxy) is 1. The molecule has 6 nitrogen and oxygen atoms in total. The minimum atomic E-state index is 0.430. The number of rotatable bonds is 4. The zero-order valence-electron chi connectivity index (χ0n) is 14.7. The van der Waals surface area contributed by atoms with Crippen LogP contribution >= 0.6 is 0 Å². The van der Waals surface area contributed by atoms with Gasteiger partial charge in [-0.15, -0.1) is 0 Å². The minimum Gasteiger partial charge on any atom is -0.497 e. The lowest BCUT2D eigenvalue weighted by atomic mass is 10.1. The Morgan fingerprint density at radius 2 is 2.12 bits per heavy atom. The number of H-pyrrole nitrogens is 1. The largest absolute Gasteiger partial charge is 0.497 e. The molecule has 0 aliphatic carbocycles. The molecule has 26 heavy (non-hydrogen) atoms. The van der Waals surface area contributed by atoms with Crippen LogP contribution in [-0.2, 0) is 0 Å². The quantitative estimate of drug-likeness (QED) is 0.714. The van der Waals surface area contributed by atoms with E-state index in [1.54, 1.807) is 13.2 Å². The van der Waals surface area contributed by atoms with Gasteiger partial charge in [0.15, 0.2) is 5.88 Å². The summed E-state index contributed by atoms with van der Waals surface area (Å²) >= 11 is 0. The molecule has 1 saturated heterocycles. The van der Waals surface area contributed by atoms with Crippen LogP contribution in [0.25, 0.3) is 22.7 Å². The number of nitriles is 1. The van der Waals surface area contributed by atoms with Gasteiger partial charge in [0.05, 0.1) is 23.7 Å². The SMILES string of the molecule is COc1ccc2nc(/C(C#N)=C/c3ccc(N4CCCCC4)o3)[nH]c2c1. The Labute approximate surface area is 151 Å². The van der Waals surface area contributed by atoms with E-state index in [0.717, 1.165) is 35.8 Å². The fraction of sp³-hybridized carbons (Fsp3) is 0.300. The second kappa shape index (κ2) is 6.96. The highest BCUT2D eigenvalue weighted by molar-refractivity contribution is 5.89. The predicted octanol–water partition coefficient (Wildman–Crippen LogP) is 4.22. The van der Waals surface area contributed by atoms with Gasteiger partial charge in [-0.3, -0.25) is 0 Å². The van der Waals surface area contributed by atoms with E-state index in [4.69, 9.17) is 9.15 Å². The van der Waals surface area contributed by atoms with Crippen molar-refractivity contribution < 1.29 is 9.15 Å². The van der Waals surface area contributed by atoms with Gasteiger partial charge in [-0.05, 0) is 37.5 Å². The lowest BCUT2D eigenvalue weighted by Crippen LogP contribution is -2.28. The molecule has 6 heteroatoms. The summed E-state index contributed by atoms with van der Waals surface area (Å²) in [7, 11) is 1.62. The van der Waals surface area contributed by atoms with Crippen molar-refractivity contribution in [1.29, 1.82) is 5.26 Å².